The summed E-state index contributed by atoms with van der Waals surface area (Å²) in [6, 6.07) is 3.83. The molecule has 1 saturated carbocycles. The van der Waals surface area contributed by atoms with Gasteiger partial charge in [-0.2, -0.15) is 0 Å². The summed E-state index contributed by atoms with van der Waals surface area (Å²) in [5.41, 5.74) is 1.01. The molecular weight excluding hydrogens is 280 g/mol. The fourth-order valence-corrected chi connectivity index (χ4v) is 3.07. The van der Waals surface area contributed by atoms with E-state index >= 15 is 0 Å². The molecular formula is C17H24N2O3. The Hall–Kier alpha value is -1.62. The van der Waals surface area contributed by atoms with Gasteiger partial charge in [0.1, 0.15) is 12.2 Å². The molecule has 0 bridgehead atoms. The van der Waals surface area contributed by atoms with E-state index in [1.165, 1.54) is 19.3 Å². The van der Waals surface area contributed by atoms with Gasteiger partial charge in [0.25, 0.3) is 0 Å². The van der Waals surface area contributed by atoms with Crippen LogP contribution in [0.25, 0.3) is 0 Å². The molecule has 1 amide bonds. The van der Waals surface area contributed by atoms with Crippen molar-refractivity contribution < 1.29 is 14.3 Å². The molecule has 1 atom stereocenters. The lowest BCUT2D eigenvalue weighted by Gasteiger charge is -2.22. The minimum atomic E-state index is -0.278. The first-order valence-corrected chi connectivity index (χ1v) is 8.32. The van der Waals surface area contributed by atoms with Crippen molar-refractivity contribution in [3.05, 3.63) is 23.9 Å². The van der Waals surface area contributed by atoms with Crippen LogP contribution in [0.4, 0.5) is 0 Å². The second kappa shape index (κ2) is 7.58. The van der Waals surface area contributed by atoms with Crippen LogP contribution in [0.1, 0.15) is 50.5 Å². The van der Waals surface area contributed by atoms with Gasteiger partial charge < -0.3 is 14.8 Å². The third kappa shape index (κ3) is 4.19. The van der Waals surface area contributed by atoms with E-state index in [2.05, 4.69) is 10.3 Å². The molecule has 2 fully saturated rings. The maximum Gasteiger partial charge on any atom is 0.249 e. The van der Waals surface area contributed by atoms with Crippen molar-refractivity contribution in [2.45, 2.75) is 63.7 Å². The van der Waals surface area contributed by atoms with Crippen molar-refractivity contribution in [1.82, 2.24) is 10.3 Å². The number of carbonyl (C=O) groups is 1. The van der Waals surface area contributed by atoms with Crippen molar-refractivity contribution in [2.24, 2.45) is 0 Å². The first-order chi connectivity index (χ1) is 10.8. The number of hydrogen-bond donors (Lipinski definition) is 1. The minimum Gasteiger partial charge on any atom is -0.474 e. The van der Waals surface area contributed by atoms with Gasteiger partial charge in [0, 0.05) is 25.4 Å². The Balaban J connectivity index is 1.50. The molecule has 1 aromatic rings. The molecule has 0 unspecified atom stereocenters. The predicted octanol–water partition coefficient (Wildman–Crippen LogP) is 2.59. The third-order valence-electron chi connectivity index (χ3n) is 4.33. The predicted molar refractivity (Wildman–Crippen MR) is 82.6 cm³/mol. The highest BCUT2D eigenvalue weighted by atomic mass is 16.5. The zero-order chi connectivity index (χ0) is 15.2. The molecule has 5 heteroatoms. The lowest BCUT2D eigenvalue weighted by atomic mass is 9.98. The second-order valence-electron chi connectivity index (χ2n) is 6.10. The summed E-state index contributed by atoms with van der Waals surface area (Å²) in [4.78, 5) is 16.2. The van der Waals surface area contributed by atoms with Gasteiger partial charge in [0.2, 0.25) is 11.8 Å². The summed E-state index contributed by atoms with van der Waals surface area (Å²) in [6.07, 6.45) is 9.55. The molecule has 0 aromatic carbocycles. The lowest BCUT2D eigenvalue weighted by Crippen LogP contribution is -2.33. The zero-order valence-electron chi connectivity index (χ0n) is 12.9. The molecule has 1 N–H and O–H groups in total. The van der Waals surface area contributed by atoms with Gasteiger partial charge in [0.05, 0.1) is 0 Å². The molecule has 5 nitrogen and oxygen atoms in total. The number of carbonyl (C=O) groups excluding carboxylic acids is 1. The fraction of sp³-hybridized carbons (Fsp3) is 0.647. The molecule has 3 rings (SSSR count). The standard InChI is InChI=1S/C17H24N2O3/c20-17(15-7-4-10-21-15)19-12-13-8-9-18-16(11-13)22-14-5-2-1-3-6-14/h8-9,11,14-15H,1-7,10,12H2,(H,19,20)/t15-/m1/s1. The second-order valence-corrected chi connectivity index (χ2v) is 6.10. The molecule has 1 aliphatic heterocycles. The summed E-state index contributed by atoms with van der Waals surface area (Å²) in [5.74, 6) is 0.639. The van der Waals surface area contributed by atoms with Crippen molar-refractivity contribution in [1.29, 1.82) is 0 Å². The van der Waals surface area contributed by atoms with Crippen molar-refractivity contribution in [3.63, 3.8) is 0 Å². The summed E-state index contributed by atoms with van der Waals surface area (Å²) in [7, 11) is 0. The van der Waals surface area contributed by atoms with Crippen molar-refractivity contribution >= 4 is 5.91 Å². The zero-order valence-corrected chi connectivity index (χ0v) is 12.9. The Morgan fingerprint density at radius 3 is 2.91 bits per heavy atom. The van der Waals surface area contributed by atoms with E-state index in [0.29, 0.717) is 19.0 Å². The van der Waals surface area contributed by atoms with E-state index in [-0.39, 0.29) is 18.1 Å². The van der Waals surface area contributed by atoms with Gasteiger partial charge in [-0.1, -0.05) is 6.42 Å². The van der Waals surface area contributed by atoms with Gasteiger partial charge in [0.15, 0.2) is 0 Å². The van der Waals surface area contributed by atoms with Gasteiger partial charge in [-0.15, -0.1) is 0 Å². The van der Waals surface area contributed by atoms with E-state index in [4.69, 9.17) is 9.47 Å². The van der Waals surface area contributed by atoms with E-state index in [1.54, 1.807) is 6.20 Å². The van der Waals surface area contributed by atoms with Crippen LogP contribution in [0.5, 0.6) is 5.88 Å². The van der Waals surface area contributed by atoms with E-state index in [0.717, 1.165) is 31.2 Å². The number of nitrogens with one attached hydrogen (secondary N) is 1. The first kappa shape index (κ1) is 15.3. The van der Waals surface area contributed by atoms with E-state index in [1.807, 2.05) is 12.1 Å². The van der Waals surface area contributed by atoms with Crippen LogP contribution in [0.15, 0.2) is 18.3 Å². The molecule has 2 aliphatic rings. The van der Waals surface area contributed by atoms with E-state index < -0.39 is 0 Å². The van der Waals surface area contributed by atoms with Gasteiger partial charge in [-0.3, -0.25) is 4.79 Å². The topological polar surface area (TPSA) is 60.5 Å². The van der Waals surface area contributed by atoms with Gasteiger partial charge in [-0.25, -0.2) is 4.98 Å². The smallest absolute Gasteiger partial charge is 0.249 e. The van der Waals surface area contributed by atoms with Gasteiger partial charge >= 0.3 is 0 Å². The number of pyridine rings is 1. The van der Waals surface area contributed by atoms with Crippen LogP contribution in [-0.4, -0.2) is 29.7 Å². The minimum absolute atomic E-state index is 0.0240. The molecule has 1 aliphatic carbocycles. The largest absolute Gasteiger partial charge is 0.474 e. The number of amides is 1. The molecule has 120 valence electrons. The quantitative estimate of drug-likeness (QED) is 0.908. The SMILES string of the molecule is O=C(NCc1ccnc(OC2CCCCC2)c1)[C@H]1CCCO1. The summed E-state index contributed by atoms with van der Waals surface area (Å²) in [6.45, 7) is 1.18. The Morgan fingerprint density at radius 2 is 2.14 bits per heavy atom. The number of rotatable bonds is 5. The van der Waals surface area contributed by atoms with Crippen LogP contribution < -0.4 is 10.1 Å². The Morgan fingerprint density at radius 1 is 1.27 bits per heavy atom. The van der Waals surface area contributed by atoms with Crippen LogP contribution in [0, 0.1) is 0 Å². The first-order valence-electron chi connectivity index (χ1n) is 8.32. The molecule has 0 radical (unpaired) electrons. The Labute approximate surface area is 131 Å². The molecule has 22 heavy (non-hydrogen) atoms. The number of ether oxygens (including phenoxy) is 2. The van der Waals surface area contributed by atoms with Crippen LogP contribution in [0.3, 0.4) is 0 Å². The monoisotopic (exact) mass is 304 g/mol. The fourth-order valence-electron chi connectivity index (χ4n) is 3.07. The number of aromatic nitrogens is 1. The van der Waals surface area contributed by atoms with Crippen LogP contribution in [-0.2, 0) is 16.1 Å². The molecule has 1 aromatic heterocycles. The molecule has 0 spiro atoms. The Bertz CT molecular complexity index is 494. The highest BCUT2D eigenvalue weighted by Crippen LogP contribution is 2.22. The summed E-state index contributed by atoms with van der Waals surface area (Å²) >= 11 is 0. The van der Waals surface area contributed by atoms with Crippen molar-refractivity contribution in [3.8, 4) is 5.88 Å². The number of hydrogen-bond acceptors (Lipinski definition) is 4. The highest BCUT2D eigenvalue weighted by Gasteiger charge is 2.23. The van der Waals surface area contributed by atoms with Crippen molar-refractivity contribution in [2.75, 3.05) is 6.61 Å². The average molecular weight is 304 g/mol. The van der Waals surface area contributed by atoms with Crippen LogP contribution in [0.2, 0.25) is 0 Å². The Kier molecular flexibility index (Phi) is 5.27. The summed E-state index contributed by atoms with van der Waals surface area (Å²) in [5, 5.41) is 2.92. The van der Waals surface area contributed by atoms with Crippen LogP contribution >= 0.6 is 0 Å². The third-order valence-corrected chi connectivity index (χ3v) is 4.33. The summed E-state index contributed by atoms with van der Waals surface area (Å²) < 4.78 is 11.3. The normalized spacial score (nSPS) is 22.5. The molecule has 1 saturated heterocycles. The highest BCUT2D eigenvalue weighted by molar-refractivity contribution is 5.80. The number of nitrogens with zero attached hydrogens (tertiary/aromatic N) is 1. The molecule has 2 heterocycles. The lowest BCUT2D eigenvalue weighted by molar-refractivity contribution is -0.130. The van der Waals surface area contributed by atoms with Gasteiger partial charge in [-0.05, 0) is 50.2 Å². The maximum absolute atomic E-state index is 11.9. The van der Waals surface area contributed by atoms with E-state index in [9.17, 15) is 4.79 Å². The maximum atomic E-state index is 11.9. The average Bonchev–Trinajstić information content (AvgIpc) is 3.08.